The molecule has 0 radical (unpaired) electrons. The van der Waals surface area contributed by atoms with E-state index in [1.165, 1.54) is 0 Å². The monoisotopic (exact) mass is 369 g/mol. The number of guanidine groups is 1. The lowest BCUT2D eigenvalue weighted by atomic mass is 10.3. The van der Waals surface area contributed by atoms with Crippen molar-refractivity contribution in [3.05, 3.63) is 47.5 Å². The molecule has 0 aliphatic rings. The Labute approximate surface area is 149 Å². The molecule has 0 aliphatic carbocycles. The average molecular weight is 370 g/mol. The Morgan fingerprint density at radius 1 is 1.26 bits per heavy atom. The molecular weight excluding hydrogens is 353 g/mol. The number of hydrogen-bond donors (Lipinski definition) is 1. The van der Waals surface area contributed by atoms with E-state index < -0.39 is 6.01 Å². The highest BCUT2D eigenvalue weighted by atomic mass is 35.5. The van der Waals surface area contributed by atoms with Gasteiger partial charge in [0.05, 0.1) is 10.7 Å². The molecule has 0 atom stereocenters. The van der Waals surface area contributed by atoms with Crippen LogP contribution in [-0.2, 0) is 0 Å². The molecule has 0 saturated carbocycles. The first-order valence-electron chi connectivity index (χ1n) is 6.75. The second-order valence-corrected chi connectivity index (χ2v) is 6.86. The highest BCUT2D eigenvalue weighted by molar-refractivity contribution is 7.99. The van der Waals surface area contributed by atoms with Crippen LogP contribution in [0.3, 0.4) is 0 Å². The van der Waals surface area contributed by atoms with Gasteiger partial charge in [-0.2, -0.15) is 0 Å². The van der Waals surface area contributed by atoms with Gasteiger partial charge in [-0.1, -0.05) is 29.4 Å². The van der Waals surface area contributed by atoms with Crippen molar-refractivity contribution in [3.63, 3.8) is 0 Å². The second kappa shape index (κ2) is 8.47. The van der Waals surface area contributed by atoms with Crippen molar-refractivity contribution in [2.75, 3.05) is 24.2 Å². The highest BCUT2D eigenvalue weighted by Crippen LogP contribution is 2.31. The molecule has 122 valence electrons. The summed E-state index contributed by atoms with van der Waals surface area (Å²) in [6.07, 6.45) is 2.02. The number of benzene rings is 2. The third-order valence-electron chi connectivity index (χ3n) is 3.16. The number of thioether (sulfide) groups is 2. The van der Waals surface area contributed by atoms with Crippen LogP contribution in [0.5, 0.6) is 0 Å². The van der Waals surface area contributed by atoms with E-state index in [9.17, 15) is 4.39 Å². The molecule has 23 heavy (non-hydrogen) atoms. The van der Waals surface area contributed by atoms with Crippen LogP contribution in [0.25, 0.3) is 0 Å². The Bertz CT molecular complexity index is 709. The number of nitrogens with zero attached hydrogens (tertiary/aromatic N) is 2. The third kappa shape index (κ3) is 4.80. The minimum Gasteiger partial charge on any atom is -0.369 e. The molecule has 2 rings (SSSR count). The molecule has 0 heterocycles. The van der Waals surface area contributed by atoms with E-state index in [4.69, 9.17) is 17.3 Å². The lowest BCUT2D eigenvalue weighted by Crippen LogP contribution is -2.33. The Morgan fingerprint density at radius 2 is 2.04 bits per heavy atom. The van der Waals surface area contributed by atoms with E-state index in [2.05, 4.69) is 4.99 Å². The first-order valence-corrected chi connectivity index (χ1v) is 9.34. The van der Waals surface area contributed by atoms with E-state index in [-0.39, 0.29) is 0 Å². The fourth-order valence-corrected chi connectivity index (χ4v) is 2.98. The lowest BCUT2D eigenvalue weighted by Gasteiger charge is -2.19. The standard InChI is InChI=1S/C16H17ClFN3S2/c1-21(11-4-3-5-12(8-11)22-2)16(19)20-15-9-13(23-10-18)6-7-14(15)17/h3-9H,10H2,1-2H3,(H2,19,20). The van der Waals surface area contributed by atoms with Crippen LogP contribution >= 0.6 is 35.1 Å². The Balaban J connectivity index is 2.29. The zero-order valence-electron chi connectivity index (χ0n) is 12.8. The van der Waals surface area contributed by atoms with Crippen molar-refractivity contribution in [2.24, 2.45) is 10.7 Å². The topological polar surface area (TPSA) is 41.6 Å². The zero-order valence-corrected chi connectivity index (χ0v) is 15.2. The van der Waals surface area contributed by atoms with Gasteiger partial charge in [0.2, 0.25) is 5.96 Å². The van der Waals surface area contributed by atoms with Gasteiger partial charge in [0.15, 0.2) is 0 Å². The Hall–Kier alpha value is -1.37. The summed E-state index contributed by atoms with van der Waals surface area (Å²) in [7, 11) is 1.84. The Morgan fingerprint density at radius 3 is 2.74 bits per heavy atom. The molecular formula is C16H17ClFN3S2. The van der Waals surface area contributed by atoms with Crippen LogP contribution in [-0.4, -0.2) is 25.3 Å². The van der Waals surface area contributed by atoms with Crippen molar-refractivity contribution >= 4 is 52.5 Å². The van der Waals surface area contributed by atoms with Crippen molar-refractivity contribution in [2.45, 2.75) is 9.79 Å². The number of rotatable bonds is 5. The van der Waals surface area contributed by atoms with Crippen molar-refractivity contribution in [1.29, 1.82) is 0 Å². The maximum Gasteiger partial charge on any atom is 0.200 e. The predicted octanol–water partition coefficient (Wildman–Crippen LogP) is 5.16. The summed E-state index contributed by atoms with van der Waals surface area (Å²) in [5.74, 6) is 0.313. The smallest absolute Gasteiger partial charge is 0.200 e. The molecule has 0 aliphatic heterocycles. The van der Waals surface area contributed by atoms with E-state index in [0.29, 0.717) is 16.7 Å². The maximum atomic E-state index is 12.5. The second-order valence-electron chi connectivity index (χ2n) is 4.60. The van der Waals surface area contributed by atoms with Crippen LogP contribution in [0.1, 0.15) is 0 Å². The normalized spacial score (nSPS) is 11.6. The summed E-state index contributed by atoms with van der Waals surface area (Å²) in [5, 5.41) is 0.474. The van der Waals surface area contributed by atoms with Gasteiger partial charge in [0, 0.05) is 22.5 Å². The number of nitrogens with two attached hydrogens (primary N) is 1. The first-order chi connectivity index (χ1) is 11.0. The van der Waals surface area contributed by atoms with Gasteiger partial charge in [0.1, 0.15) is 6.01 Å². The molecule has 0 fully saturated rings. The van der Waals surface area contributed by atoms with Crippen LogP contribution in [0, 0.1) is 0 Å². The molecule has 0 spiro atoms. The average Bonchev–Trinajstić information content (AvgIpc) is 2.57. The molecule has 0 bridgehead atoms. The molecule has 2 N–H and O–H groups in total. The summed E-state index contributed by atoms with van der Waals surface area (Å²) in [5.41, 5.74) is 7.55. The van der Waals surface area contributed by atoms with Gasteiger partial charge >= 0.3 is 0 Å². The van der Waals surface area contributed by atoms with Gasteiger partial charge in [-0.3, -0.25) is 0 Å². The van der Waals surface area contributed by atoms with Crippen LogP contribution in [0.4, 0.5) is 15.8 Å². The predicted molar refractivity (Wildman–Crippen MR) is 101 cm³/mol. The van der Waals surface area contributed by atoms with Crippen molar-refractivity contribution < 1.29 is 4.39 Å². The van der Waals surface area contributed by atoms with Gasteiger partial charge in [-0.05, 0) is 42.7 Å². The van der Waals surface area contributed by atoms with Crippen LogP contribution in [0.2, 0.25) is 5.02 Å². The quantitative estimate of drug-likeness (QED) is 0.449. The molecule has 0 saturated heterocycles. The summed E-state index contributed by atoms with van der Waals surface area (Å²) in [4.78, 5) is 8.06. The number of anilines is 1. The summed E-state index contributed by atoms with van der Waals surface area (Å²) in [6.45, 7) is 0. The largest absolute Gasteiger partial charge is 0.369 e. The molecule has 0 aromatic heterocycles. The van der Waals surface area contributed by atoms with Crippen molar-refractivity contribution in [3.8, 4) is 0 Å². The first kappa shape index (κ1) is 18.0. The lowest BCUT2D eigenvalue weighted by molar-refractivity contribution is 0.606. The minimum atomic E-state index is -0.498. The molecule has 0 amide bonds. The van der Waals surface area contributed by atoms with Crippen LogP contribution in [0.15, 0.2) is 57.2 Å². The SMILES string of the molecule is CSc1cccc(N(C)C(N)=Nc2cc(SCF)ccc2Cl)c1. The van der Waals surface area contributed by atoms with Gasteiger partial charge in [-0.15, -0.1) is 11.8 Å². The minimum absolute atomic E-state index is 0.313. The highest BCUT2D eigenvalue weighted by Gasteiger charge is 2.08. The van der Waals surface area contributed by atoms with E-state index in [1.807, 2.05) is 37.6 Å². The summed E-state index contributed by atoms with van der Waals surface area (Å²) >= 11 is 8.89. The zero-order chi connectivity index (χ0) is 16.8. The fourth-order valence-electron chi connectivity index (χ4n) is 1.88. The van der Waals surface area contributed by atoms with Crippen LogP contribution < -0.4 is 10.6 Å². The molecule has 3 nitrogen and oxygen atoms in total. The van der Waals surface area contributed by atoms with Gasteiger partial charge in [-0.25, -0.2) is 9.38 Å². The summed E-state index contributed by atoms with van der Waals surface area (Å²) in [6, 6.07) is 12.7. The number of alkyl halides is 1. The number of halogens is 2. The van der Waals surface area contributed by atoms with E-state index >= 15 is 0 Å². The van der Waals surface area contributed by atoms with Gasteiger partial charge < -0.3 is 10.6 Å². The fraction of sp³-hybridized carbons (Fsp3) is 0.188. The maximum absolute atomic E-state index is 12.5. The number of aliphatic imine (C=N–C) groups is 1. The molecule has 0 unspecified atom stereocenters. The Kier molecular flexibility index (Phi) is 6.62. The molecule has 2 aromatic carbocycles. The molecule has 2 aromatic rings. The van der Waals surface area contributed by atoms with E-state index in [1.54, 1.807) is 34.9 Å². The summed E-state index contributed by atoms with van der Waals surface area (Å²) < 4.78 is 12.5. The molecule has 7 heteroatoms. The van der Waals surface area contributed by atoms with E-state index in [0.717, 1.165) is 27.2 Å². The number of hydrogen-bond acceptors (Lipinski definition) is 3. The third-order valence-corrected chi connectivity index (χ3v) is 4.90. The van der Waals surface area contributed by atoms with Gasteiger partial charge in [0.25, 0.3) is 0 Å². The van der Waals surface area contributed by atoms with Crippen molar-refractivity contribution in [1.82, 2.24) is 0 Å².